The molecule has 0 bridgehead atoms. The summed E-state index contributed by atoms with van der Waals surface area (Å²) >= 11 is 4.58. The first-order valence-electron chi connectivity index (χ1n) is 15.1. The zero-order chi connectivity index (χ0) is 36.6. The number of carbonyl (C=O) groups is 1. The highest BCUT2D eigenvalue weighted by Gasteiger charge is 2.14. The molecule has 8 N–H and O–H groups in total. The van der Waals surface area contributed by atoms with E-state index in [0.29, 0.717) is 38.5 Å². The second-order valence-electron chi connectivity index (χ2n) is 10.4. The van der Waals surface area contributed by atoms with Crippen molar-refractivity contribution in [2.24, 2.45) is 0 Å². The summed E-state index contributed by atoms with van der Waals surface area (Å²) in [4.78, 5) is 51.2. The molecule has 15 nitrogen and oxygen atoms in total. The van der Waals surface area contributed by atoms with Crippen LogP contribution in [0.25, 0.3) is 45.1 Å². The minimum Gasteiger partial charge on any atom is -0.464 e. The normalized spacial score (nSPS) is 10.6. The molecule has 0 atom stereocenters. The number of nitrogen functional groups attached to an aromatic ring is 3. The number of esters is 1. The Morgan fingerprint density at radius 1 is 0.731 bits per heavy atom. The molecule has 52 heavy (non-hydrogen) atoms. The van der Waals surface area contributed by atoms with E-state index in [1.165, 1.54) is 43.4 Å². The third-order valence-electron chi connectivity index (χ3n) is 6.90. The standard InChI is InChI=1S/C17H12FN5S.C11H8BrN5.C6H7N3O2/c18-10-4-3-5-11(8-10)24-14-9-20-16(19)15(23-14)17-21-12-6-1-2-7-13(12)22-17;12-8-5-14-10(13)9(17-8)11-15-6-3-1-2-4-7(6)16-11;1-11-6(10)4-5(7)9-3-2-8-4/h1-9H,(H2,19,20)(H,21,22);1-5H,(H2,13,14)(H,15,16);2-3H,1H3,(H2,7,9). The molecular weight excluding hydrogens is 753 g/mol. The Morgan fingerprint density at radius 3 is 1.92 bits per heavy atom. The topological polar surface area (TPSA) is 239 Å². The maximum atomic E-state index is 13.3. The lowest BCUT2D eigenvalue weighted by atomic mass is 10.3. The van der Waals surface area contributed by atoms with Gasteiger partial charge >= 0.3 is 5.97 Å². The maximum absolute atomic E-state index is 13.3. The minimum absolute atomic E-state index is 0.0509. The van der Waals surface area contributed by atoms with E-state index in [1.807, 2.05) is 54.6 Å². The van der Waals surface area contributed by atoms with E-state index in [-0.39, 0.29) is 23.1 Å². The summed E-state index contributed by atoms with van der Waals surface area (Å²) in [5, 5.41) is 0.616. The Bertz CT molecular complexity index is 2450. The molecule has 5 heterocycles. The number of nitrogens with two attached hydrogens (primary N) is 3. The molecule has 18 heteroatoms. The van der Waals surface area contributed by atoms with E-state index in [1.54, 1.807) is 18.5 Å². The maximum Gasteiger partial charge on any atom is 0.360 e. The predicted octanol–water partition coefficient (Wildman–Crippen LogP) is 6.10. The van der Waals surface area contributed by atoms with Gasteiger partial charge in [-0.3, -0.25) is 0 Å². The van der Waals surface area contributed by atoms with Crippen LogP contribution in [0.2, 0.25) is 0 Å². The van der Waals surface area contributed by atoms with Gasteiger partial charge in [0.25, 0.3) is 0 Å². The van der Waals surface area contributed by atoms with E-state index < -0.39 is 5.97 Å². The van der Waals surface area contributed by atoms with Crippen LogP contribution in [-0.4, -0.2) is 62.9 Å². The quantitative estimate of drug-likeness (QED) is 0.124. The highest BCUT2D eigenvalue weighted by molar-refractivity contribution is 9.10. The lowest BCUT2D eigenvalue weighted by molar-refractivity contribution is 0.0595. The molecule has 5 aromatic heterocycles. The van der Waals surface area contributed by atoms with Crippen molar-refractivity contribution in [1.29, 1.82) is 0 Å². The average Bonchev–Trinajstić information content (AvgIpc) is 3.79. The molecule has 260 valence electrons. The molecule has 0 aliphatic rings. The van der Waals surface area contributed by atoms with Gasteiger partial charge in [0.15, 0.2) is 34.8 Å². The number of hydrogen-bond donors (Lipinski definition) is 5. The second-order valence-corrected chi connectivity index (χ2v) is 12.3. The zero-order valence-corrected chi connectivity index (χ0v) is 29.4. The number of methoxy groups -OCH3 is 1. The molecular formula is C34H27BrFN13O2S. The van der Waals surface area contributed by atoms with Gasteiger partial charge in [-0.2, -0.15) is 0 Å². The molecule has 0 amide bonds. The summed E-state index contributed by atoms with van der Waals surface area (Å²) in [6.45, 7) is 0. The van der Waals surface area contributed by atoms with Crippen molar-refractivity contribution in [3.05, 3.63) is 114 Å². The summed E-state index contributed by atoms with van der Waals surface area (Å²) in [7, 11) is 1.26. The van der Waals surface area contributed by atoms with E-state index in [2.05, 4.69) is 70.5 Å². The number of nitrogens with zero attached hydrogens (tertiary/aromatic N) is 8. The second kappa shape index (κ2) is 16.0. The largest absolute Gasteiger partial charge is 0.464 e. The summed E-state index contributed by atoms with van der Waals surface area (Å²) in [5.41, 5.74) is 21.7. The Hall–Kier alpha value is -6.53. The molecule has 0 aliphatic carbocycles. The molecule has 0 saturated carbocycles. The molecule has 0 spiro atoms. The number of aromatic amines is 2. The fourth-order valence-electron chi connectivity index (χ4n) is 4.54. The number of aromatic nitrogens is 10. The Balaban J connectivity index is 0.000000145. The highest BCUT2D eigenvalue weighted by Crippen LogP contribution is 2.30. The van der Waals surface area contributed by atoms with Crippen LogP contribution < -0.4 is 17.2 Å². The van der Waals surface area contributed by atoms with Gasteiger partial charge in [0.1, 0.15) is 26.8 Å². The number of carbonyl (C=O) groups excluding carboxylic acids is 1. The fraction of sp³-hybridized carbons (Fsp3) is 0.0294. The zero-order valence-electron chi connectivity index (χ0n) is 27.0. The van der Waals surface area contributed by atoms with Crippen molar-refractivity contribution >= 4 is 73.2 Å². The Morgan fingerprint density at radius 2 is 1.33 bits per heavy atom. The third-order valence-corrected chi connectivity index (χ3v) is 8.18. The van der Waals surface area contributed by atoms with Crippen LogP contribution in [-0.2, 0) is 4.74 Å². The monoisotopic (exact) mass is 779 g/mol. The van der Waals surface area contributed by atoms with Crippen LogP contribution >= 0.6 is 27.7 Å². The van der Waals surface area contributed by atoms with Crippen LogP contribution in [0.1, 0.15) is 10.5 Å². The molecule has 0 saturated heterocycles. The summed E-state index contributed by atoms with van der Waals surface area (Å²) < 4.78 is 18.3. The van der Waals surface area contributed by atoms with Crippen LogP contribution in [0.3, 0.4) is 0 Å². The number of halogens is 2. The number of benzene rings is 3. The molecule has 0 aliphatic heterocycles. The van der Waals surface area contributed by atoms with Gasteiger partial charge < -0.3 is 31.9 Å². The summed E-state index contributed by atoms with van der Waals surface area (Å²) in [6, 6.07) is 21.8. The Kier molecular flexibility index (Phi) is 10.9. The number of para-hydroxylation sites is 4. The number of nitrogens with one attached hydrogen (secondary N) is 2. The fourth-order valence-corrected chi connectivity index (χ4v) is 5.62. The van der Waals surface area contributed by atoms with E-state index >= 15 is 0 Å². The molecule has 0 unspecified atom stereocenters. The van der Waals surface area contributed by atoms with Gasteiger partial charge in [-0.1, -0.05) is 42.1 Å². The van der Waals surface area contributed by atoms with Crippen LogP contribution in [0.15, 0.2) is 112 Å². The van der Waals surface area contributed by atoms with Gasteiger partial charge in [0.2, 0.25) is 0 Å². The molecule has 0 radical (unpaired) electrons. The van der Waals surface area contributed by atoms with Crippen molar-refractivity contribution in [3.8, 4) is 23.0 Å². The molecule has 0 fully saturated rings. The minimum atomic E-state index is -0.574. The van der Waals surface area contributed by atoms with Crippen molar-refractivity contribution in [2.75, 3.05) is 24.3 Å². The van der Waals surface area contributed by atoms with Crippen molar-refractivity contribution < 1.29 is 13.9 Å². The first-order chi connectivity index (χ1) is 25.2. The summed E-state index contributed by atoms with van der Waals surface area (Å²) in [5.74, 6) is 1.04. The Labute approximate surface area is 306 Å². The van der Waals surface area contributed by atoms with Crippen LogP contribution in [0.4, 0.5) is 21.8 Å². The smallest absolute Gasteiger partial charge is 0.360 e. The first-order valence-corrected chi connectivity index (χ1v) is 16.7. The van der Waals surface area contributed by atoms with Crippen molar-refractivity contribution in [1.82, 2.24) is 49.8 Å². The van der Waals surface area contributed by atoms with Gasteiger partial charge in [-0.15, -0.1) is 0 Å². The number of imidazole rings is 2. The number of hydrogen-bond acceptors (Lipinski definition) is 14. The first kappa shape index (κ1) is 35.3. The SMILES string of the molecule is COC(=O)c1nccnc1N.Nc1ncc(Br)nc1-c1nc2ccccc2[nH]1.Nc1ncc(Sc2cccc(F)c2)nc1-c1nc2ccccc2[nH]1. The third kappa shape index (κ3) is 8.42. The molecule has 8 rings (SSSR count). The predicted molar refractivity (Wildman–Crippen MR) is 199 cm³/mol. The average molecular weight is 781 g/mol. The van der Waals surface area contributed by atoms with Crippen molar-refractivity contribution in [2.45, 2.75) is 9.92 Å². The number of ether oxygens (including phenoxy) is 1. The van der Waals surface area contributed by atoms with Crippen LogP contribution in [0, 0.1) is 5.82 Å². The molecule has 3 aromatic carbocycles. The highest BCUT2D eigenvalue weighted by atomic mass is 79.9. The van der Waals surface area contributed by atoms with Gasteiger partial charge in [0.05, 0.1) is 41.6 Å². The number of anilines is 3. The number of rotatable bonds is 5. The van der Waals surface area contributed by atoms with E-state index in [4.69, 9.17) is 17.2 Å². The van der Waals surface area contributed by atoms with Gasteiger partial charge in [0, 0.05) is 17.3 Å². The molecule has 8 aromatic rings. The number of H-pyrrole nitrogens is 2. The lowest BCUT2D eigenvalue weighted by Gasteiger charge is -2.05. The number of fused-ring (bicyclic) bond motifs is 2. The van der Waals surface area contributed by atoms with E-state index in [0.717, 1.165) is 27.0 Å². The van der Waals surface area contributed by atoms with Crippen LogP contribution in [0.5, 0.6) is 0 Å². The van der Waals surface area contributed by atoms with Gasteiger partial charge in [-0.25, -0.2) is 49.1 Å². The summed E-state index contributed by atoms with van der Waals surface area (Å²) in [6.07, 6.45) is 5.91. The van der Waals surface area contributed by atoms with Crippen molar-refractivity contribution in [3.63, 3.8) is 0 Å². The van der Waals surface area contributed by atoms with Gasteiger partial charge in [-0.05, 0) is 58.4 Å². The van der Waals surface area contributed by atoms with E-state index in [9.17, 15) is 9.18 Å². The lowest BCUT2D eigenvalue weighted by Crippen LogP contribution is -2.09.